The first-order valence-corrected chi connectivity index (χ1v) is 9.49. The highest BCUT2D eigenvalue weighted by Gasteiger charge is 2.28. The van der Waals surface area contributed by atoms with Gasteiger partial charge in [0.25, 0.3) is 0 Å². The fraction of sp³-hybridized carbons (Fsp3) is 0.529. The molecule has 1 aliphatic heterocycles. The predicted molar refractivity (Wildman–Crippen MR) is 94.5 cm³/mol. The Morgan fingerprint density at radius 1 is 1.28 bits per heavy atom. The summed E-state index contributed by atoms with van der Waals surface area (Å²) in [6, 6.07) is 3.68. The monoisotopic (exact) mass is 359 g/mol. The zero-order valence-electron chi connectivity index (χ0n) is 13.9. The average Bonchev–Trinajstić information content (AvgIpc) is 3.15. The summed E-state index contributed by atoms with van der Waals surface area (Å²) < 4.78 is 5.71. The third-order valence-electron chi connectivity index (χ3n) is 4.44. The first kappa shape index (κ1) is 16.4. The van der Waals surface area contributed by atoms with Crippen LogP contribution in [0.4, 0.5) is 9.93 Å². The fourth-order valence-electron chi connectivity index (χ4n) is 2.91. The summed E-state index contributed by atoms with van der Waals surface area (Å²) in [6.07, 6.45) is 7.98. The van der Waals surface area contributed by atoms with E-state index >= 15 is 0 Å². The maximum Gasteiger partial charge on any atom is 0.324 e. The number of nitrogens with one attached hydrogen (secondary N) is 1. The Morgan fingerprint density at radius 2 is 2.12 bits per heavy atom. The first-order chi connectivity index (χ1) is 12.3. The Balaban J connectivity index is 1.43. The SMILES string of the molecule is O=C(Nc1nnc(C2CC2)s1)N(Cc1ccncc1)CC1CCCO1. The van der Waals surface area contributed by atoms with Gasteiger partial charge < -0.3 is 9.64 Å². The minimum atomic E-state index is -0.161. The maximum atomic E-state index is 12.8. The van der Waals surface area contributed by atoms with Gasteiger partial charge in [-0.1, -0.05) is 11.3 Å². The summed E-state index contributed by atoms with van der Waals surface area (Å²) in [5.41, 5.74) is 1.04. The van der Waals surface area contributed by atoms with Crippen molar-refractivity contribution in [3.05, 3.63) is 35.1 Å². The van der Waals surface area contributed by atoms with E-state index in [0.717, 1.165) is 30.0 Å². The molecule has 1 unspecified atom stereocenters. The van der Waals surface area contributed by atoms with Crippen LogP contribution in [0.3, 0.4) is 0 Å². The molecule has 8 heteroatoms. The number of nitrogens with zero attached hydrogens (tertiary/aromatic N) is 4. The summed E-state index contributed by atoms with van der Waals surface area (Å²) in [5.74, 6) is 0.544. The van der Waals surface area contributed by atoms with E-state index in [1.54, 1.807) is 17.3 Å². The lowest BCUT2D eigenvalue weighted by atomic mass is 10.2. The van der Waals surface area contributed by atoms with Crippen LogP contribution in [0, 0.1) is 0 Å². The molecule has 1 saturated heterocycles. The predicted octanol–water partition coefficient (Wildman–Crippen LogP) is 3.02. The molecular formula is C17H21N5O2S. The molecule has 0 radical (unpaired) electrons. The summed E-state index contributed by atoms with van der Waals surface area (Å²) in [7, 11) is 0. The third-order valence-corrected chi connectivity index (χ3v) is 5.44. The van der Waals surface area contributed by atoms with E-state index in [2.05, 4.69) is 20.5 Å². The second-order valence-electron chi connectivity index (χ2n) is 6.52. The van der Waals surface area contributed by atoms with Crippen LogP contribution in [0.25, 0.3) is 0 Å². The van der Waals surface area contributed by atoms with Crippen molar-refractivity contribution in [2.45, 2.75) is 44.2 Å². The molecule has 2 aromatic heterocycles. The van der Waals surface area contributed by atoms with Gasteiger partial charge in [-0.25, -0.2) is 4.79 Å². The molecule has 25 heavy (non-hydrogen) atoms. The van der Waals surface area contributed by atoms with Gasteiger partial charge in [0.2, 0.25) is 5.13 Å². The Labute approximate surface area is 150 Å². The molecule has 132 valence electrons. The molecule has 0 aromatic carbocycles. The molecule has 2 amide bonds. The van der Waals surface area contributed by atoms with Gasteiger partial charge in [0.05, 0.1) is 6.10 Å². The van der Waals surface area contributed by atoms with Crippen LogP contribution in [0.1, 0.15) is 42.2 Å². The minimum absolute atomic E-state index is 0.101. The third kappa shape index (κ3) is 4.32. The lowest BCUT2D eigenvalue weighted by molar-refractivity contribution is 0.0819. The molecule has 2 aromatic rings. The van der Waals surface area contributed by atoms with Crippen molar-refractivity contribution in [3.8, 4) is 0 Å². The molecule has 4 rings (SSSR count). The number of hydrogen-bond acceptors (Lipinski definition) is 6. The number of amides is 2. The van der Waals surface area contributed by atoms with Crippen molar-refractivity contribution in [3.63, 3.8) is 0 Å². The van der Waals surface area contributed by atoms with Gasteiger partial charge in [0.1, 0.15) is 5.01 Å². The number of urea groups is 1. The Bertz CT molecular complexity index is 713. The molecular weight excluding hydrogens is 338 g/mol. The van der Waals surface area contributed by atoms with Gasteiger partial charge in [0, 0.05) is 38.0 Å². The van der Waals surface area contributed by atoms with Crippen LogP contribution < -0.4 is 5.32 Å². The van der Waals surface area contributed by atoms with Crippen LogP contribution in [0.15, 0.2) is 24.5 Å². The normalized spacial score (nSPS) is 19.8. The van der Waals surface area contributed by atoms with Crippen molar-refractivity contribution in [1.29, 1.82) is 0 Å². The largest absolute Gasteiger partial charge is 0.376 e. The average molecular weight is 359 g/mol. The number of carbonyl (C=O) groups excluding carboxylic acids is 1. The quantitative estimate of drug-likeness (QED) is 0.857. The van der Waals surface area contributed by atoms with Crippen molar-refractivity contribution in [2.24, 2.45) is 0 Å². The molecule has 1 saturated carbocycles. The van der Waals surface area contributed by atoms with Crippen molar-refractivity contribution in [1.82, 2.24) is 20.1 Å². The first-order valence-electron chi connectivity index (χ1n) is 8.68. The van der Waals surface area contributed by atoms with Crippen LogP contribution >= 0.6 is 11.3 Å². The Hall–Kier alpha value is -2.06. The second-order valence-corrected chi connectivity index (χ2v) is 7.53. The van der Waals surface area contributed by atoms with E-state index in [1.807, 2.05) is 12.1 Å². The van der Waals surface area contributed by atoms with Crippen LogP contribution in [-0.2, 0) is 11.3 Å². The van der Waals surface area contributed by atoms with E-state index in [4.69, 9.17) is 4.74 Å². The highest BCUT2D eigenvalue weighted by molar-refractivity contribution is 7.15. The molecule has 1 aliphatic carbocycles. The number of carbonyl (C=O) groups is 1. The number of pyridine rings is 1. The summed E-state index contributed by atoms with van der Waals surface area (Å²) in [5, 5.41) is 12.8. The molecule has 0 bridgehead atoms. The molecule has 1 N–H and O–H groups in total. The zero-order chi connectivity index (χ0) is 17.1. The zero-order valence-corrected chi connectivity index (χ0v) is 14.7. The molecule has 0 spiro atoms. The summed E-state index contributed by atoms with van der Waals surface area (Å²) in [6.45, 7) is 1.86. The molecule has 3 heterocycles. The molecule has 1 atom stereocenters. The van der Waals surface area contributed by atoms with Crippen molar-refractivity contribution in [2.75, 3.05) is 18.5 Å². The standard InChI is InChI=1S/C17H21N5O2S/c23-17(19-16-21-20-15(25-16)13-3-4-13)22(11-14-2-1-9-24-14)10-12-5-7-18-8-6-12/h5-8,13-14H,1-4,9-11H2,(H,19,21,23). The summed E-state index contributed by atoms with van der Waals surface area (Å²) >= 11 is 1.48. The van der Waals surface area contributed by atoms with Gasteiger partial charge in [0.15, 0.2) is 0 Å². The van der Waals surface area contributed by atoms with Crippen LogP contribution in [0.2, 0.25) is 0 Å². The number of rotatable bonds is 6. The topological polar surface area (TPSA) is 80.2 Å². The van der Waals surface area contributed by atoms with Crippen molar-refractivity contribution >= 4 is 22.5 Å². The minimum Gasteiger partial charge on any atom is -0.376 e. The lowest BCUT2D eigenvalue weighted by Gasteiger charge is -2.25. The van der Waals surface area contributed by atoms with E-state index < -0.39 is 0 Å². The lowest BCUT2D eigenvalue weighted by Crippen LogP contribution is -2.39. The van der Waals surface area contributed by atoms with Gasteiger partial charge >= 0.3 is 6.03 Å². The number of hydrogen-bond donors (Lipinski definition) is 1. The van der Waals surface area contributed by atoms with Gasteiger partial charge in [-0.05, 0) is 43.4 Å². The van der Waals surface area contributed by atoms with Crippen LogP contribution in [0.5, 0.6) is 0 Å². The van der Waals surface area contributed by atoms with E-state index in [-0.39, 0.29) is 12.1 Å². The highest BCUT2D eigenvalue weighted by Crippen LogP contribution is 2.42. The number of anilines is 1. The van der Waals surface area contributed by atoms with Gasteiger partial charge in [-0.3, -0.25) is 10.3 Å². The maximum absolute atomic E-state index is 12.8. The van der Waals surface area contributed by atoms with E-state index in [1.165, 1.54) is 24.2 Å². The molecule has 7 nitrogen and oxygen atoms in total. The van der Waals surface area contributed by atoms with Gasteiger partial charge in [-0.2, -0.15) is 0 Å². The van der Waals surface area contributed by atoms with Crippen molar-refractivity contribution < 1.29 is 9.53 Å². The number of aromatic nitrogens is 3. The van der Waals surface area contributed by atoms with Crippen LogP contribution in [-0.4, -0.2) is 45.4 Å². The number of ether oxygens (including phenoxy) is 1. The fourth-order valence-corrected chi connectivity index (χ4v) is 3.81. The molecule has 2 fully saturated rings. The summed E-state index contributed by atoms with van der Waals surface area (Å²) in [4.78, 5) is 18.6. The van der Waals surface area contributed by atoms with E-state index in [0.29, 0.717) is 24.1 Å². The highest BCUT2D eigenvalue weighted by atomic mass is 32.1. The Kier molecular flexibility index (Phi) is 4.89. The van der Waals surface area contributed by atoms with E-state index in [9.17, 15) is 4.79 Å². The Morgan fingerprint density at radius 3 is 2.84 bits per heavy atom. The smallest absolute Gasteiger partial charge is 0.324 e. The molecule has 2 aliphatic rings. The van der Waals surface area contributed by atoms with Gasteiger partial charge in [-0.15, -0.1) is 10.2 Å². The second kappa shape index (κ2) is 7.45.